The summed E-state index contributed by atoms with van der Waals surface area (Å²) in [5.74, 6) is -4.00. The number of epoxide rings is 1. The molecule has 40 heavy (non-hydrogen) atoms. The number of alkyl halides is 4. The van der Waals surface area contributed by atoms with Crippen molar-refractivity contribution in [1.29, 1.82) is 0 Å². The fourth-order valence-corrected chi connectivity index (χ4v) is 3.60. The van der Waals surface area contributed by atoms with Gasteiger partial charge in [0, 0.05) is 6.42 Å². The van der Waals surface area contributed by atoms with Crippen LogP contribution in [0.2, 0.25) is 0 Å². The number of rotatable bonds is 16. The predicted octanol–water partition coefficient (Wildman–Crippen LogP) is 3.02. The highest BCUT2D eigenvalue weighted by molar-refractivity contribution is 5.98. The smallest absolute Gasteiger partial charge is 0.408 e. The molecule has 0 saturated carbocycles. The molecule has 1 saturated heterocycles. The van der Waals surface area contributed by atoms with Crippen molar-refractivity contribution in [1.82, 2.24) is 10.6 Å². The normalized spacial score (nSPS) is 19.1. The van der Waals surface area contributed by atoms with Gasteiger partial charge in [0.25, 0.3) is 0 Å². The lowest BCUT2D eigenvalue weighted by atomic mass is 9.93. The molecule has 224 valence electrons. The van der Waals surface area contributed by atoms with E-state index < -0.39 is 85.6 Å². The lowest BCUT2D eigenvalue weighted by Gasteiger charge is -2.25. The maximum absolute atomic E-state index is 13.2. The monoisotopic (exact) mass is 578 g/mol. The van der Waals surface area contributed by atoms with E-state index in [-0.39, 0.29) is 13.0 Å². The average molecular weight is 579 g/mol. The largest absolute Gasteiger partial charge is 0.444 e. The summed E-state index contributed by atoms with van der Waals surface area (Å²) < 4.78 is 69.7. The van der Waals surface area contributed by atoms with Crippen LogP contribution in [0.5, 0.6) is 0 Å². The van der Waals surface area contributed by atoms with Gasteiger partial charge in [-0.2, -0.15) is 17.6 Å². The Morgan fingerprint density at radius 1 is 0.950 bits per heavy atom. The van der Waals surface area contributed by atoms with Crippen molar-refractivity contribution in [2.45, 2.75) is 77.0 Å². The van der Waals surface area contributed by atoms with Gasteiger partial charge < -0.3 is 29.6 Å². The number of hydrogen-bond donors (Lipinski definition) is 2. The third-order valence-corrected chi connectivity index (χ3v) is 5.72. The average Bonchev–Trinajstić information content (AvgIpc) is 3.60. The van der Waals surface area contributed by atoms with Crippen molar-refractivity contribution in [3.05, 3.63) is 35.9 Å². The van der Waals surface area contributed by atoms with Crippen molar-refractivity contribution in [2.24, 2.45) is 5.92 Å². The highest BCUT2D eigenvalue weighted by Gasteiger charge is 2.50. The van der Waals surface area contributed by atoms with Crippen LogP contribution in [0, 0.1) is 5.92 Å². The fourth-order valence-electron chi connectivity index (χ4n) is 3.60. The van der Waals surface area contributed by atoms with Crippen LogP contribution in [0.4, 0.5) is 22.4 Å². The van der Waals surface area contributed by atoms with Gasteiger partial charge >= 0.3 is 19.3 Å². The third kappa shape index (κ3) is 11.6. The first-order valence-corrected chi connectivity index (χ1v) is 12.4. The van der Waals surface area contributed by atoms with E-state index in [4.69, 9.17) is 9.47 Å². The van der Waals surface area contributed by atoms with Gasteiger partial charge in [0.15, 0.2) is 11.6 Å². The Morgan fingerprint density at radius 2 is 1.52 bits per heavy atom. The Hall–Kier alpha value is -3.10. The third-order valence-electron chi connectivity index (χ3n) is 5.72. The summed E-state index contributed by atoms with van der Waals surface area (Å²) in [7, 11) is 0. The Morgan fingerprint density at radius 3 is 2.05 bits per heavy atom. The number of amides is 2. The van der Waals surface area contributed by atoms with Crippen molar-refractivity contribution < 1.29 is 55.7 Å². The number of carbonyl (C=O) groups excluding carboxylic acids is 4. The first-order valence-electron chi connectivity index (χ1n) is 12.4. The molecule has 0 unspecified atom stereocenters. The van der Waals surface area contributed by atoms with Gasteiger partial charge in [-0.05, 0) is 39.7 Å². The van der Waals surface area contributed by atoms with E-state index >= 15 is 0 Å². The van der Waals surface area contributed by atoms with Crippen LogP contribution in [0.1, 0.15) is 39.7 Å². The first kappa shape index (κ1) is 33.1. The van der Waals surface area contributed by atoms with E-state index in [1.54, 1.807) is 30.3 Å². The van der Waals surface area contributed by atoms with Gasteiger partial charge in [0.2, 0.25) is 5.91 Å². The molecule has 0 aliphatic carbocycles. The summed E-state index contributed by atoms with van der Waals surface area (Å²) in [6.07, 6.45) is -1.89. The summed E-state index contributed by atoms with van der Waals surface area (Å²) >= 11 is 0. The van der Waals surface area contributed by atoms with E-state index in [0.29, 0.717) is 5.56 Å². The van der Waals surface area contributed by atoms with Gasteiger partial charge in [-0.1, -0.05) is 30.3 Å². The minimum Gasteiger partial charge on any atom is -0.444 e. The number of ether oxygens (including phenoxy) is 4. The molecule has 1 aliphatic rings. The van der Waals surface area contributed by atoms with Crippen LogP contribution in [-0.4, -0.2) is 79.9 Å². The maximum Gasteiger partial charge on any atom is 0.408 e. The van der Waals surface area contributed by atoms with Gasteiger partial charge in [-0.25, -0.2) is 4.79 Å². The van der Waals surface area contributed by atoms with Crippen LogP contribution in [0.25, 0.3) is 0 Å². The Labute approximate surface area is 229 Å². The molecule has 2 amide bonds. The number of Topliss-reactive ketones (excluding diaryl/α,β-unsaturated/α-hetero) is 2. The summed E-state index contributed by atoms with van der Waals surface area (Å²) in [6.45, 7) is -2.24. The molecular weight excluding hydrogens is 544 g/mol. The van der Waals surface area contributed by atoms with Crippen molar-refractivity contribution >= 4 is 23.6 Å². The number of benzene rings is 1. The number of hydrogen-bond acceptors (Lipinski definition) is 8. The topological polar surface area (TPSA) is 133 Å². The van der Waals surface area contributed by atoms with E-state index in [2.05, 4.69) is 20.1 Å². The molecule has 1 aliphatic heterocycles. The van der Waals surface area contributed by atoms with Gasteiger partial charge in [0.05, 0.1) is 31.8 Å². The second-order valence-corrected chi connectivity index (χ2v) is 10.4. The highest BCUT2D eigenvalue weighted by Crippen LogP contribution is 2.29. The number of carbonyl (C=O) groups is 4. The second-order valence-electron chi connectivity index (χ2n) is 10.4. The van der Waals surface area contributed by atoms with Crippen LogP contribution in [0.3, 0.4) is 0 Å². The van der Waals surface area contributed by atoms with Crippen LogP contribution in [0.15, 0.2) is 30.3 Å². The summed E-state index contributed by atoms with van der Waals surface area (Å²) in [4.78, 5) is 51.4. The Kier molecular flexibility index (Phi) is 12.0. The van der Waals surface area contributed by atoms with Crippen LogP contribution in [-0.2, 0) is 39.8 Å². The lowest BCUT2D eigenvalue weighted by molar-refractivity contribution is -0.155. The lowest BCUT2D eigenvalue weighted by Crippen LogP contribution is -2.51. The number of ketones is 2. The molecular formula is C26H34F4N2O8. The molecule has 14 heteroatoms. The quantitative estimate of drug-likeness (QED) is 0.226. The molecule has 2 rings (SSSR count). The highest BCUT2D eigenvalue weighted by atomic mass is 19.3. The second kappa shape index (κ2) is 14.5. The number of halogens is 4. The standard InChI is InChI=1S/C26H34F4N2O8/c1-25(2,3)40-24(36)32-18(13-38-23(29)30)19(33)11-16(12-37-22(27)28)21(35)31-17(20(34)26(4)14-39-26)10-15-8-6-5-7-9-15/h5-9,16-18,22-23H,10-14H2,1-4H3,(H,31,35)(H,32,36)/t16-,17-,18-,26+/m0/s1. The van der Waals surface area contributed by atoms with Crippen LogP contribution < -0.4 is 10.6 Å². The maximum atomic E-state index is 13.2. The molecule has 2 N–H and O–H groups in total. The zero-order valence-electron chi connectivity index (χ0n) is 22.6. The van der Waals surface area contributed by atoms with Crippen molar-refractivity contribution in [3.8, 4) is 0 Å². The van der Waals surface area contributed by atoms with Gasteiger partial charge in [-0.3, -0.25) is 14.4 Å². The molecule has 1 aromatic rings. The zero-order valence-corrected chi connectivity index (χ0v) is 22.6. The molecule has 0 radical (unpaired) electrons. The molecule has 4 atom stereocenters. The molecule has 10 nitrogen and oxygen atoms in total. The van der Waals surface area contributed by atoms with Gasteiger partial charge in [0.1, 0.15) is 17.2 Å². The van der Waals surface area contributed by atoms with E-state index in [1.165, 1.54) is 27.7 Å². The molecule has 0 bridgehead atoms. The minimum absolute atomic E-state index is 0.0474. The van der Waals surface area contributed by atoms with Crippen molar-refractivity contribution in [3.63, 3.8) is 0 Å². The summed E-state index contributed by atoms with van der Waals surface area (Å²) in [5, 5.41) is 4.59. The molecule has 1 heterocycles. The van der Waals surface area contributed by atoms with E-state index in [0.717, 1.165) is 0 Å². The first-order chi connectivity index (χ1) is 18.6. The molecule has 0 spiro atoms. The van der Waals surface area contributed by atoms with Gasteiger partial charge in [-0.15, -0.1) is 0 Å². The SMILES string of the molecule is CC(C)(C)OC(=O)N[C@@H](COC(F)F)C(=O)C[C@@H](COC(F)F)C(=O)N[C@@H](Cc1ccccc1)C(=O)[C@@]1(C)CO1. The molecule has 1 fully saturated rings. The fraction of sp³-hybridized carbons (Fsp3) is 0.615. The van der Waals surface area contributed by atoms with Crippen LogP contribution >= 0.6 is 0 Å². The predicted molar refractivity (Wildman–Crippen MR) is 132 cm³/mol. The number of nitrogens with one attached hydrogen (secondary N) is 2. The molecule has 1 aromatic carbocycles. The minimum atomic E-state index is -3.29. The Bertz CT molecular complexity index is 1020. The van der Waals surface area contributed by atoms with Crippen molar-refractivity contribution in [2.75, 3.05) is 19.8 Å². The van der Waals surface area contributed by atoms with E-state index in [1.807, 2.05) is 0 Å². The summed E-state index contributed by atoms with van der Waals surface area (Å²) in [5.41, 5.74) is -1.43. The number of alkyl carbamates (subject to hydrolysis) is 1. The zero-order chi connectivity index (χ0) is 30.1. The molecule has 0 aromatic heterocycles. The Balaban J connectivity index is 2.22. The summed E-state index contributed by atoms with van der Waals surface area (Å²) in [6, 6.07) is 5.82. The van der Waals surface area contributed by atoms with E-state index in [9.17, 15) is 36.7 Å².